The Labute approximate surface area is 123 Å². The van der Waals surface area contributed by atoms with E-state index in [0.29, 0.717) is 17.9 Å². The summed E-state index contributed by atoms with van der Waals surface area (Å²) in [5, 5.41) is 0. The number of carbonyl (C=O) groups is 1. The second-order valence-electron chi connectivity index (χ2n) is 5.93. The van der Waals surface area contributed by atoms with Gasteiger partial charge in [-0.3, -0.25) is 4.79 Å². The summed E-state index contributed by atoms with van der Waals surface area (Å²) in [6, 6.07) is 7.43. The SMILES string of the molecule is CC1(CN)CCN(C(=O)c2ccc(-c3cnco3)cc2)C1. The van der Waals surface area contributed by atoms with Gasteiger partial charge in [-0.25, -0.2) is 4.98 Å². The minimum absolute atomic E-state index is 0.0510. The Bertz CT molecular complexity index is 621. The van der Waals surface area contributed by atoms with E-state index in [2.05, 4.69) is 11.9 Å². The first-order valence-corrected chi connectivity index (χ1v) is 7.10. The van der Waals surface area contributed by atoms with Crippen LogP contribution in [-0.2, 0) is 0 Å². The second-order valence-corrected chi connectivity index (χ2v) is 5.93. The van der Waals surface area contributed by atoms with Crippen LogP contribution < -0.4 is 5.73 Å². The highest BCUT2D eigenvalue weighted by atomic mass is 16.3. The number of oxazole rings is 1. The maximum Gasteiger partial charge on any atom is 0.253 e. The van der Waals surface area contributed by atoms with Gasteiger partial charge in [-0.1, -0.05) is 19.1 Å². The number of nitrogens with two attached hydrogens (primary N) is 1. The van der Waals surface area contributed by atoms with Gasteiger partial charge in [0.05, 0.1) is 6.20 Å². The largest absolute Gasteiger partial charge is 0.444 e. The van der Waals surface area contributed by atoms with Crippen molar-refractivity contribution in [1.29, 1.82) is 0 Å². The molecule has 1 aliphatic rings. The number of likely N-dealkylation sites (tertiary alicyclic amines) is 1. The van der Waals surface area contributed by atoms with Crippen molar-refractivity contribution in [3.8, 4) is 11.3 Å². The van der Waals surface area contributed by atoms with Crippen molar-refractivity contribution in [1.82, 2.24) is 9.88 Å². The third kappa shape index (κ3) is 2.69. The van der Waals surface area contributed by atoms with Crippen LogP contribution >= 0.6 is 0 Å². The summed E-state index contributed by atoms with van der Waals surface area (Å²) < 4.78 is 5.24. The zero-order valence-corrected chi connectivity index (χ0v) is 12.1. The third-order valence-electron chi connectivity index (χ3n) is 4.19. The van der Waals surface area contributed by atoms with E-state index < -0.39 is 0 Å². The fraction of sp³-hybridized carbons (Fsp3) is 0.375. The monoisotopic (exact) mass is 285 g/mol. The average Bonchev–Trinajstić information content (AvgIpc) is 3.17. The van der Waals surface area contributed by atoms with Crippen molar-refractivity contribution in [3.05, 3.63) is 42.4 Å². The maximum absolute atomic E-state index is 12.5. The van der Waals surface area contributed by atoms with Gasteiger partial charge in [0.25, 0.3) is 5.91 Å². The number of amides is 1. The molecule has 1 aliphatic heterocycles. The number of nitrogens with zero attached hydrogens (tertiary/aromatic N) is 2. The van der Waals surface area contributed by atoms with Crippen molar-refractivity contribution in [3.63, 3.8) is 0 Å². The second kappa shape index (κ2) is 5.33. The fourth-order valence-corrected chi connectivity index (χ4v) is 2.68. The van der Waals surface area contributed by atoms with E-state index in [9.17, 15) is 4.79 Å². The minimum Gasteiger partial charge on any atom is -0.444 e. The molecule has 0 radical (unpaired) electrons. The van der Waals surface area contributed by atoms with Crippen LogP contribution in [-0.4, -0.2) is 35.4 Å². The van der Waals surface area contributed by atoms with Gasteiger partial charge in [-0.15, -0.1) is 0 Å². The van der Waals surface area contributed by atoms with E-state index in [4.69, 9.17) is 10.2 Å². The number of carbonyl (C=O) groups excluding carboxylic acids is 1. The lowest BCUT2D eigenvalue weighted by Gasteiger charge is -2.22. The standard InChI is InChI=1S/C16H19N3O2/c1-16(9-17)6-7-19(10-16)15(20)13-4-2-12(3-5-13)14-8-18-11-21-14/h2-5,8,11H,6-7,9-10,17H2,1H3. The summed E-state index contributed by atoms with van der Waals surface area (Å²) in [4.78, 5) is 18.3. The molecule has 0 saturated carbocycles. The lowest BCUT2D eigenvalue weighted by atomic mass is 9.90. The van der Waals surface area contributed by atoms with Crippen LogP contribution in [0.5, 0.6) is 0 Å². The normalized spacial score (nSPS) is 21.7. The fourth-order valence-electron chi connectivity index (χ4n) is 2.68. The number of aromatic nitrogens is 1. The molecule has 110 valence electrons. The van der Waals surface area contributed by atoms with Crippen LogP contribution in [0.3, 0.4) is 0 Å². The van der Waals surface area contributed by atoms with E-state index >= 15 is 0 Å². The Morgan fingerprint density at radius 3 is 2.76 bits per heavy atom. The summed E-state index contributed by atoms with van der Waals surface area (Å²) in [7, 11) is 0. The third-order valence-corrected chi connectivity index (χ3v) is 4.19. The zero-order valence-electron chi connectivity index (χ0n) is 12.1. The van der Waals surface area contributed by atoms with E-state index in [1.807, 2.05) is 29.2 Å². The summed E-state index contributed by atoms with van der Waals surface area (Å²) in [6.07, 6.45) is 4.02. The molecule has 0 spiro atoms. The van der Waals surface area contributed by atoms with Crippen molar-refractivity contribution in [2.24, 2.45) is 11.1 Å². The van der Waals surface area contributed by atoms with Gasteiger partial charge in [0.2, 0.25) is 0 Å². The molecule has 2 heterocycles. The molecule has 5 nitrogen and oxygen atoms in total. The topological polar surface area (TPSA) is 72.4 Å². The first-order chi connectivity index (χ1) is 10.1. The van der Waals surface area contributed by atoms with E-state index in [1.54, 1.807) is 6.20 Å². The molecule has 0 bridgehead atoms. The number of hydrogen-bond acceptors (Lipinski definition) is 4. The molecule has 1 amide bonds. The van der Waals surface area contributed by atoms with Gasteiger partial charge in [-0.05, 0) is 30.5 Å². The predicted octanol–water partition coefficient (Wildman–Crippen LogP) is 2.15. The Morgan fingerprint density at radius 2 is 2.19 bits per heavy atom. The van der Waals surface area contributed by atoms with Crippen LogP contribution in [0.1, 0.15) is 23.7 Å². The molecule has 1 atom stereocenters. The Hall–Kier alpha value is -2.14. The van der Waals surface area contributed by atoms with Gasteiger partial charge in [0, 0.05) is 24.2 Å². The van der Waals surface area contributed by atoms with Crippen LogP contribution in [0.15, 0.2) is 41.3 Å². The number of rotatable bonds is 3. The highest BCUT2D eigenvalue weighted by Crippen LogP contribution is 2.29. The molecule has 1 aromatic heterocycles. The lowest BCUT2D eigenvalue weighted by Crippen LogP contribution is -2.34. The smallest absolute Gasteiger partial charge is 0.253 e. The molecule has 2 N–H and O–H groups in total. The summed E-state index contributed by atoms with van der Waals surface area (Å²) >= 11 is 0. The first-order valence-electron chi connectivity index (χ1n) is 7.10. The van der Waals surface area contributed by atoms with Crippen LogP contribution in [0.4, 0.5) is 0 Å². The average molecular weight is 285 g/mol. The predicted molar refractivity (Wildman–Crippen MR) is 79.6 cm³/mol. The lowest BCUT2D eigenvalue weighted by molar-refractivity contribution is 0.0777. The van der Waals surface area contributed by atoms with E-state index in [1.165, 1.54) is 6.39 Å². The summed E-state index contributed by atoms with van der Waals surface area (Å²) in [5.41, 5.74) is 7.45. The molecular formula is C16H19N3O2. The van der Waals surface area contributed by atoms with Crippen LogP contribution in [0, 0.1) is 5.41 Å². The van der Waals surface area contributed by atoms with Crippen LogP contribution in [0.2, 0.25) is 0 Å². The molecule has 2 aromatic rings. The van der Waals surface area contributed by atoms with Gasteiger partial charge in [-0.2, -0.15) is 0 Å². The van der Waals surface area contributed by atoms with Crippen LogP contribution in [0.25, 0.3) is 11.3 Å². The summed E-state index contributed by atoms with van der Waals surface area (Å²) in [5.74, 6) is 0.766. The quantitative estimate of drug-likeness (QED) is 0.938. The van der Waals surface area contributed by atoms with Crippen molar-refractivity contribution in [2.45, 2.75) is 13.3 Å². The van der Waals surface area contributed by atoms with Gasteiger partial charge in [0.15, 0.2) is 12.2 Å². The molecule has 1 saturated heterocycles. The molecule has 5 heteroatoms. The molecule has 1 unspecified atom stereocenters. The van der Waals surface area contributed by atoms with E-state index in [0.717, 1.165) is 25.1 Å². The van der Waals surface area contributed by atoms with Gasteiger partial charge in [0.1, 0.15) is 0 Å². The van der Waals surface area contributed by atoms with Gasteiger partial charge >= 0.3 is 0 Å². The molecule has 1 aromatic carbocycles. The Kier molecular flexibility index (Phi) is 3.51. The maximum atomic E-state index is 12.5. The van der Waals surface area contributed by atoms with Crippen molar-refractivity contribution in [2.75, 3.05) is 19.6 Å². The van der Waals surface area contributed by atoms with Gasteiger partial charge < -0.3 is 15.1 Å². The molecule has 3 rings (SSSR count). The minimum atomic E-state index is 0.0510. The molecule has 0 aliphatic carbocycles. The molecule has 21 heavy (non-hydrogen) atoms. The van der Waals surface area contributed by atoms with Crippen molar-refractivity contribution < 1.29 is 9.21 Å². The molecule has 1 fully saturated rings. The Balaban J connectivity index is 1.74. The van der Waals surface area contributed by atoms with E-state index in [-0.39, 0.29) is 11.3 Å². The number of hydrogen-bond donors (Lipinski definition) is 1. The first kappa shape index (κ1) is 13.8. The number of benzene rings is 1. The highest BCUT2D eigenvalue weighted by Gasteiger charge is 2.35. The Morgan fingerprint density at radius 1 is 1.43 bits per heavy atom. The highest BCUT2D eigenvalue weighted by molar-refractivity contribution is 5.94. The summed E-state index contributed by atoms with van der Waals surface area (Å²) in [6.45, 7) is 4.25. The van der Waals surface area contributed by atoms with Crippen molar-refractivity contribution >= 4 is 5.91 Å². The molecular weight excluding hydrogens is 266 g/mol. The zero-order chi connectivity index (χ0) is 14.9.